The summed E-state index contributed by atoms with van der Waals surface area (Å²) in [6, 6.07) is 28.0. The summed E-state index contributed by atoms with van der Waals surface area (Å²) in [6.45, 7) is 5.07. The second-order valence-electron chi connectivity index (χ2n) is 6.92. The average molecular weight is 326 g/mol. The Morgan fingerprint density at radius 2 is 1.36 bits per heavy atom. The monoisotopic (exact) mass is 326 g/mol. The van der Waals surface area contributed by atoms with Crippen LogP contribution in [0.3, 0.4) is 0 Å². The highest BCUT2D eigenvalue weighted by molar-refractivity contribution is 6.13. The summed E-state index contributed by atoms with van der Waals surface area (Å²) >= 11 is 0. The molecule has 0 spiro atoms. The number of ether oxygens (including phenoxy) is 1. The molecule has 1 heteroatoms. The molecule has 4 aromatic carbocycles. The van der Waals surface area contributed by atoms with E-state index in [0.717, 1.165) is 12.4 Å². The summed E-state index contributed by atoms with van der Waals surface area (Å²) in [6.07, 6.45) is 0. The lowest BCUT2D eigenvalue weighted by atomic mass is 9.93. The van der Waals surface area contributed by atoms with Crippen molar-refractivity contribution in [1.29, 1.82) is 0 Å². The Bertz CT molecular complexity index is 1010. The van der Waals surface area contributed by atoms with Gasteiger partial charge in [0.1, 0.15) is 5.75 Å². The van der Waals surface area contributed by atoms with Crippen LogP contribution in [0, 0.1) is 5.92 Å². The van der Waals surface area contributed by atoms with Gasteiger partial charge in [0, 0.05) is 0 Å². The maximum absolute atomic E-state index is 5.82. The van der Waals surface area contributed by atoms with E-state index in [4.69, 9.17) is 4.74 Å². The van der Waals surface area contributed by atoms with Crippen LogP contribution < -0.4 is 4.74 Å². The van der Waals surface area contributed by atoms with Crippen molar-refractivity contribution in [3.63, 3.8) is 0 Å². The molecule has 0 N–H and O–H groups in total. The first-order valence-electron chi connectivity index (χ1n) is 8.86. The summed E-state index contributed by atoms with van der Waals surface area (Å²) in [5.41, 5.74) is 2.49. The second kappa shape index (κ2) is 6.60. The van der Waals surface area contributed by atoms with E-state index >= 15 is 0 Å². The van der Waals surface area contributed by atoms with Gasteiger partial charge in [0.25, 0.3) is 0 Å². The van der Waals surface area contributed by atoms with Crippen molar-refractivity contribution in [3.8, 4) is 16.9 Å². The zero-order chi connectivity index (χ0) is 17.2. The summed E-state index contributed by atoms with van der Waals surface area (Å²) in [7, 11) is 0. The Morgan fingerprint density at radius 1 is 0.720 bits per heavy atom. The Labute approximate surface area is 148 Å². The molecular weight excluding hydrogens is 304 g/mol. The minimum atomic E-state index is 0.532. The molecule has 4 rings (SSSR count). The third-order valence-corrected chi connectivity index (χ3v) is 4.52. The van der Waals surface area contributed by atoms with Gasteiger partial charge in [0.05, 0.1) is 6.61 Å². The first kappa shape index (κ1) is 15.7. The Morgan fingerprint density at radius 3 is 2.08 bits per heavy atom. The predicted octanol–water partition coefficient (Wildman–Crippen LogP) is 6.69. The lowest BCUT2D eigenvalue weighted by Gasteiger charge is -2.12. The van der Waals surface area contributed by atoms with Crippen LogP contribution in [0.5, 0.6) is 5.75 Å². The van der Waals surface area contributed by atoms with Gasteiger partial charge < -0.3 is 4.74 Å². The van der Waals surface area contributed by atoms with Gasteiger partial charge in [-0.15, -0.1) is 0 Å². The normalized spacial score (nSPS) is 11.3. The standard InChI is InChI=1S/C24H22O/c1-17(2)16-25-20-13-11-18(12-14-20)24-15-19-7-3-4-8-21(19)22-9-5-6-10-23(22)24/h3-15,17H,16H2,1-2H3. The topological polar surface area (TPSA) is 9.23 Å². The van der Waals surface area contributed by atoms with Crippen molar-refractivity contribution in [2.24, 2.45) is 5.92 Å². The van der Waals surface area contributed by atoms with E-state index in [0.29, 0.717) is 5.92 Å². The number of fused-ring (bicyclic) bond motifs is 3. The summed E-state index contributed by atoms with van der Waals surface area (Å²) < 4.78 is 5.82. The average Bonchev–Trinajstić information content (AvgIpc) is 2.66. The molecule has 0 heterocycles. The van der Waals surface area contributed by atoms with E-state index in [1.54, 1.807) is 0 Å². The van der Waals surface area contributed by atoms with Gasteiger partial charge in [0.15, 0.2) is 0 Å². The zero-order valence-corrected chi connectivity index (χ0v) is 14.7. The number of hydrogen-bond donors (Lipinski definition) is 0. The molecular formula is C24H22O. The van der Waals surface area contributed by atoms with E-state index in [-0.39, 0.29) is 0 Å². The fraction of sp³-hybridized carbons (Fsp3) is 0.167. The number of benzene rings is 4. The Balaban J connectivity index is 1.82. The predicted molar refractivity (Wildman–Crippen MR) is 107 cm³/mol. The lowest BCUT2D eigenvalue weighted by molar-refractivity contribution is 0.271. The molecule has 0 amide bonds. The second-order valence-corrected chi connectivity index (χ2v) is 6.92. The first-order chi connectivity index (χ1) is 12.2. The molecule has 0 aromatic heterocycles. The maximum atomic E-state index is 5.82. The molecule has 124 valence electrons. The van der Waals surface area contributed by atoms with Crippen LogP contribution >= 0.6 is 0 Å². The van der Waals surface area contributed by atoms with Crippen LogP contribution in [0.15, 0.2) is 78.9 Å². The minimum Gasteiger partial charge on any atom is -0.493 e. The number of rotatable bonds is 4. The van der Waals surface area contributed by atoms with E-state index in [2.05, 4.69) is 92.7 Å². The number of hydrogen-bond acceptors (Lipinski definition) is 1. The van der Waals surface area contributed by atoms with E-state index in [1.165, 1.54) is 32.7 Å². The minimum absolute atomic E-state index is 0.532. The molecule has 0 unspecified atom stereocenters. The van der Waals surface area contributed by atoms with Crippen LogP contribution in [0.2, 0.25) is 0 Å². The molecule has 0 bridgehead atoms. The molecule has 0 radical (unpaired) electrons. The SMILES string of the molecule is CC(C)COc1ccc(-c2cc3ccccc3c3ccccc23)cc1. The summed E-state index contributed by atoms with van der Waals surface area (Å²) in [5.74, 6) is 1.46. The van der Waals surface area contributed by atoms with Gasteiger partial charge >= 0.3 is 0 Å². The van der Waals surface area contributed by atoms with Gasteiger partial charge in [-0.2, -0.15) is 0 Å². The highest BCUT2D eigenvalue weighted by atomic mass is 16.5. The van der Waals surface area contributed by atoms with E-state index < -0.39 is 0 Å². The molecule has 4 aromatic rings. The van der Waals surface area contributed by atoms with Crippen molar-refractivity contribution in [3.05, 3.63) is 78.9 Å². The molecule has 25 heavy (non-hydrogen) atoms. The fourth-order valence-electron chi connectivity index (χ4n) is 3.29. The highest BCUT2D eigenvalue weighted by Gasteiger charge is 2.08. The molecule has 1 nitrogen and oxygen atoms in total. The molecule has 0 atom stereocenters. The maximum Gasteiger partial charge on any atom is 0.119 e. The first-order valence-corrected chi connectivity index (χ1v) is 8.86. The largest absolute Gasteiger partial charge is 0.493 e. The molecule has 0 saturated heterocycles. The van der Waals surface area contributed by atoms with Crippen molar-refractivity contribution in [1.82, 2.24) is 0 Å². The van der Waals surface area contributed by atoms with Gasteiger partial charge in [-0.05, 0) is 56.8 Å². The summed E-state index contributed by atoms with van der Waals surface area (Å²) in [4.78, 5) is 0. The lowest BCUT2D eigenvalue weighted by Crippen LogP contribution is -2.04. The third kappa shape index (κ3) is 3.10. The van der Waals surface area contributed by atoms with Crippen molar-refractivity contribution in [2.45, 2.75) is 13.8 Å². The summed E-state index contributed by atoms with van der Waals surface area (Å²) in [5, 5.41) is 5.17. The van der Waals surface area contributed by atoms with Crippen LogP contribution in [0.4, 0.5) is 0 Å². The smallest absolute Gasteiger partial charge is 0.119 e. The highest BCUT2D eigenvalue weighted by Crippen LogP contribution is 2.35. The Hall–Kier alpha value is -2.80. The van der Waals surface area contributed by atoms with Crippen molar-refractivity contribution >= 4 is 21.5 Å². The van der Waals surface area contributed by atoms with Crippen LogP contribution in [-0.2, 0) is 0 Å². The Kier molecular flexibility index (Phi) is 4.15. The van der Waals surface area contributed by atoms with E-state index in [1.807, 2.05) is 0 Å². The molecule has 0 aliphatic carbocycles. The molecule has 0 aliphatic rings. The molecule has 0 fully saturated rings. The van der Waals surface area contributed by atoms with Crippen LogP contribution in [-0.4, -0.2) is 6.61 Å². The van der Waals surface area contributed by atoms with Gasteiger partial charge in [-0.25, -0.2) is 0 Å². The van der Waals surface area contributed by atoms with E-state index in [9.17, 15) is 0 Å². The quantitative estimate of drug-likeness (QED) is 0.379. The van der Waals surface area contributed by atoms with Crippen LogP contribution in [0.25, 0.3) is 32.7 Å². The van der Waals surface area contributed by atoms with Crippen molar-refractivity contribution in [2.75, 3.05) is 6.61 Å². The molecule has 0 aliphatic heterocycles. The van der Waals surface area contributed by atoms with Crippen LogP contribution in [0.1, 0.15) is 13.8 Å². The molecule has 0 saturated carbocycles. The zero-order valence-electron chi connectivity index (χ0n) is 14.7. The van der Waals surface area contributed by atoms with Gasteiger partial charge in [-0.3, -0.25) is 0 Å². The van der Waals surface area contributed by atoms with Crippen molar-refractivity contribution < 1.29 is 4.74 Å². The third-order valence-electron chi connectivity index (χ3n) is 4.52. The van der Waals surface area contributed by atoms with Gasteiger partial charge in [-0.1, -0.05) is 74.5 Å². The van der Waals surface area contributed by atoms with Gasteiger partial charge in [0.2, 0.25) is 0 Å². The fourth-order valence-corrected chi connectivity index (χ4v) is 3.29.